The lowest BCUT2D eigenvalue weighted by Gasteiger charge is -2.24. The van der Waals surface area contributed by atoms with Gasteiger partial charge in [0.1, 0.15) is 10.1 Å². The molecule has 5 heteroatoms. The Kier molecular flexibility index (Phi) is 2.98. The fourth-order valence-corrected chi connectivity index (χ4v) is 1.58. The van der Waals surface area contributed by atoms with Crippen LogP contribution in [0.5, 0.6) is 0 Å². The topological polar surface area (TPSA) is 38.9 Å². The first-order valence-corrected chi connectivity index (χ1v) is 4.43. The molecule has 1 heterocycles. The number of nitrogens with zero attached hydrogens (tertiary/aromatic N) is 1. The lowest BCUT2D eigenvalue weighted by atomic mass is 9.96. The molecule has 1 atom stereocenters. The first-order valence-electron chi connectivity index (χ1n) is 3.64. The Morgan fingerprint density at radius 3 is 2.69 bits per heavy atom. The number of hydrogen-bond donors (Lipinski definition) is 1. The van der Waals surface area contributed by atoms with E-state index in [2.05, 4.69) is 20.9 Å². The van der Waals surface area contributed by atoms with Crippen LogP contribution in [0.3, 0.4) is 0 Å². The van der Waals surface area contributed by atoms with Crippen molar-refractivity contribution < 1.29 is 8.78 Å². The van der Waals surface area contributed by atoms with Gasteiger partial charge in [-0.2, -0.15) is 0 Å². The number of hydrogen-bond acceptors (Lipinski definition) is 2. The minimum Gasteiger partial charge on any atom is -0.317 e. The number of rotatable bonds is 2. The molecule has 0 aromatic carbocycles. The number of halogens is 3. The van der Waals surface area contributed by atoms with Gasteiger partial charge in [-0.05, 0) is 28.9 Å². The van der Waals surface area contributed by atoms with Gasteiger partial charge in [-0.3, -0.25) is 0 Å². The van der Waals surface area contributed by atoms with Gasteiger partial charge in [-0.25, -0.2) is 13.8 Å². The van der Waals surface area contributed by atoms with Crippen molar-refractivity contribution in [1.82, 2.24) is 4.98 Å². The second-order valence-corrected chi connectivity index (χ2v) is 3.68. The number of aromatic nitrogens is 1. The maximum Gasteiger partial charge on any atom is 0.260 e. The zero-order chi connectivity index (χ0) is 10.1. The van der Waals surface area contributed by atoms with Gasteiger partial charge in [0.15, 0.2) is 0 Å². The van der Waals surface area contributed by atoms with Gasteiger partial charge < -0.3 is 5.73 Å². The third kappa shape index (κ3) is 2.03. The highest BCUT2D eigenvalue weighted by Crippen LogP contribution is 2.29. The van der Waals surface area contributed by atoms with E-state index in [9.17, 15) is 8.78 Å². The first kappa shape index (κ1) is 10.5. The summed E-state index contributed by atoms with van der Waals surface area (Å²) in [5.41, 5.74) is 4.11. The number of pyridine rings is 1. The standard InChI is InChI=1S/C8H9BrF2N2/c1-8(12,7(10)11)5-3-2-4-13-6(5)9/h2-4,7H,12H2,1H3. The third-order valence-electron chi connectivity index (χ3n) is 1.79. The highest BCUT2D eigenvalue weighted by Gasteiger charge is 2.34. The molecule has 72 valence electrons. The Morgan fingerprint density at radius 1 is 1.62 bits per heavy atom. The molecular formula is C8H9BrF2N2. The summed E-state index contributed by atoms with van der Waals surface area (Å²) in [4.78, 5) is 3.83. The molecule has 2 nitrogen and oxygen atoms in total. The van der Waals surface area contributed by atoms with Crippen LogP contribution in [0, 0.1) is 0 Å². The fourth-order valence-electron chi connectivity index (χ4n) is 0.905. The van der Waals surface area contributed by atoms with Crippen molar-refractivity contribution >= 4 is 15.9 Å². The Labute approximate surface area is 83.3 Å². The van der Waals surface area contributed by atoms with E-state index in [1.807, 2.05) is 0 Å². The molecule has 0 radical (unpaired) electrons. The molecular weight excluding hydrogens is 242 g/mol. The summed E-state index contributed by atoms with van der Waals surface area (Å²) in [5, 5.41) is 0. The Morgan fingerprint density at radius 2 is 2.23 bits per heavy atom. The Bertz CT molecular complexity index is 302. The van der Waals surface area contributed by atoms with E-state index in [0.29, 0.717) is 10.2 Å². The highest BCUT2D eigenvalue weighted by atomic mass is 79.9. The van der Waals surface area contributed by atoms with Crippen molar-refractivity contribution in [2.24, 2.45) is 5.73 Å². The van der Waals surface area contributed by atoms with Crippen molar-refractivity contribution in [2.45, 2.75) is 18.9 Å². The van der Waals surface area contributed by atoms with Crippen molar-refractivity contribution in [3.63, 3.8) is 0 Å². The van der Waals surface area contributed by atoms with Crippen LogP contribution in [0.4, 0.5) is 8.78 Å². The molecule has 1 unspecified atom stereocenters. The summed E-state index contributed by atoms with van der Waals surface area (Å²) in [5.74, 6) is 0. The monoisotopic (exact) mass is 250 g/mol. The van der Waals surface area contributed by atoms with Crippen LogP contribution in [0.2, 0.25) is 0 Å². The SMILES string of the molecule is CC(N)(c1cccnc1Br)C(F)F. The van der Waals surface area contributed by atoms with Crippen molar-refractivity contribution in [2.75, 3.05) is 0 Å². The molecule has 1 rings (SSSR count). The van der Waals surface area contributed by atoms with Crippen molar-refractivity contribution in [3.8, 4) is 0 Å². The van der Waals surface area contributed by atoms with Crippen LogP contribution in [0.15, 0.2) is 22.9 Å². The summed E-state index contributed by atoms with van der Waals surface area (Å²) >= 11 is 3.08. The van der Waals surface area contributed by atoms with Gasteiger partial charge in [-0.15, -0.1) is 0 Å². The van der Waals surface area contributed by atoms with Crippen molar-refractivity contribution in [1.29, 1.82) is 0 Å². The van der Waals surface area contributed by atoms with Gasteiger partial charge in [0.2, 0.25) is 0 Å². The molecule has 1 aromatic heterocycles. The maximum atomic E-state index is 12.5. The van der Waals surface area contributed by atoms with Gasteiger partial charge in [0.05, 0.1) is 0 Å². The predicted octanol–water partition coefficient (Wildman–Crippen LogP) is 2.28. The molecule has 0 amide bonds. The summed E-state index contributed by atoms with van der Waals surface area (Å²) in [7, 11) is 0. The predicted molar refractivity (Wildman–Crippen MR) is 49.5 cm³/mol. The van der Waals surface area contributed by atoms with Crippen LogP contribution in [-0.2, 0) is 5.54 Å². The quantitative estimate of drug-likeness (QED) is 0.819. The average molecular weight is 251 g/mol. The highest BCUT2D eigenvalue weighted by molar-refractivity contribution is 9.10. The minimum absolute atomic E-state index is 0.310. The number of alkyl halides is 2. The largest absolute Gasteiger partial charge is 0.317 e. The molecule has 0 aliphatic carbocycles. The zero-order valence-electron chi connectivity index (χ0n) is 6.97. The van der Waals surface area contributed by atoms with Crippen LogP contribution in [0.25, 0.3) is 0 Å². The molecule has 1 aromatic rings. The third-order valence-corrected chi connectivity index (χ3v) is 2.42. The molecule has 0 aliphatic rings. The van der Waals surface area contributed by atoms with Gasteiger partial charge >= 0.3 is 0 Å². The molecule has 13 heavy (non-hydrogen) atoms. The smallest absolute Gasteiger partial charge is 0.260 e. The lowest BCUT2D eigenvalue weighted by Crippen LogP contribution is -2.41. The molecule has 0 fully saturated rings. The summed E-state index contributed by atoms with van der Waals surface area (Å²) < 4.78 is 25.4. The summed E-state index contributed by atoms with van der Waals surface area (Å²) in [6.45, 7) is 1.28. The zero-order valence-corrected chi connectivity index (χ0v) is 8.55. The lowest BCUT2D eigenvalue weighted by molar-refractivity contribution is 0.0619. The van der Waals surface area contributed by atoms with Crippen LogP contribution >= 0.6 is 15.9 Å². The summed E-state index contributed by atoms with van der Waals surface area (Å²) in [6, 6.07) is 3.11. The van der Waals surface area contributed by atoms with Crippen LogP contribution < -0.4 is 5.73 Å². The molecule has 0 aliphatic heterocycles. The molecule has 0 saturated heterocycles. The van der Waals surface area contributed by atoms with E-state index in [-0.39, 0.29) is 0 Å². The van der Waals surface area contributed by atoms with Gasteiger partial charge in [0, 0.05) is 11.8 Å². The van der Waals surface area contributed by atoms with Gasteiger partial charge in [-0.1, -0.05) is 6.07 Å². The maximum absolute atomic E-state index is 12.5. The van der Waals surface area contributed by atoms with Crippen molar-refractivity contribution in [3.05, 3.63) is 28.5 Å². The number of nitrogens with two attached hydrogens (primary N) is 1. The van der Waals surface area contributed by atoms with E-state index < -0.39 is 12.0 Å². The summed E-state index contributed by atoms with van der Waals surface area (Å²) in [6.07, 6.45) is -1.11. The fraction of sp³-hybridized carbons (Fsp3) is 0.375. The van der Waals surface area contributed by atoms with E-state index >= 15 is 0 Å². The van der Waals surface area contributed by atoms with E-state index in [0.717, 1.165) is 0 Å². The van der Waals surface area contributed by atoms with Crippen LogP contribution in [-0.4, -0.2) is 11.4 Å². The second kappa shape index (κ2) is 3.67. The molecule has 2 N–H and O–H groups in total. The molecule has 0 spiro atoms. The Hall–Kier alpha value is -0.550. The normalized spacial score (nSPS) is 15.8. The van der Waals surface area contributed by atoms with E-state index in [1.165, 1.54) is 19.2 Å². The molecule has 0 saturated carbocycles. The second-order valence-electron chi connectivity index (χ2n) is 2.93. The first-order chi connectivity index (χ1) is 5.96. The minimum atomic E-state index is -2.62. The van der Waals surface area contributed by atoms with E-state index in [1.54, 1.807) is 6.07 Å². The average Bonchev–Trinajstić information content (AvgIpc) is 2.04. The Balaban J connectivity index is 3.14. The van der Waals surface area contributed by atoms with Crippen LogP contribution in [0.1, 0.15) is 12.5 Å². The molecule has 0 bridgehead atoms. The van der Waals surface area contributed by atoms with Gasteiger partial charge in [0.25, 0.3) is 6.43 Å². The van der Waals surface area contributed by atoms with E-state index in [4.69, 9.17) is 5.73 Å².